The topological polar surface area (TPSA) is 101 Å². The van der Waals surface area contributed by atoms with E-state index in [9.17, 15) is 15.1 Å². The number of nitrogens with zero attached hydrogens (tertiary/aromatic N) is 1. The second-order valence-electron chi connectivity index (χ2n) is 12.7. The van der Waals surface area contributed by atoms with Gasteiger partial charge in [-0.05, 0) is 151 Å². The molecule has 0 aliphatic heterocycles. The fourth-order valence-electron chi connectivity index (χ4n) is 6.75. The smallest absolute Gasteiger partial charge is 0.491 e. The van der Waals surface area contributed by atoms with Crippen LogP contribution < -0.4 is 20.4 Å². The number of alkyl halides is 1. The van der Waals surface area contributed by atoms with Crippen molar-refractivity contribution in [2.45, 2.75) is 26.7 Å². The molecule has 2 heterocycles. The molecule has 0 aliphatic rings. The third kappa shape index (κ3) is 10.2. The van der Waals surface area contributed by atoms with Crippen LogP contribution in [-0.2, 0) is 4.65 Å². The van der Waals surface area contributed by atoms with E-state index >= 15 is 0 Å². The molecule has 4 aromatic carbocycles. The fourth-order valence-corrected chi connectivity index (χ4v) is 7.75. The summed E-state index contributed by atoms with van der Waals surface area (Å²) in [5.41, 5.74) is 10.7. The Morgan fingerprint density at radius 1 is 0.673 bits per heavy atom. The quantitative estimate of drug-likeness (QED) is 0.0369. The lowest BCUT2D eigenvalue weighted by Gasteiger charge is -2.20. The number of hydrogen-bond donors (Lipinski definition) is 3. The third-order valence-corrected chi connectivity index (χ3v) is 10.1. The number of benzene rings is 4. The van der Waals surface area contributed by atoms with Crippen LogP contribution in [0.1, 0.15) is 60.1 Å². The van der Waals surface area contributed by atoms with Crippen LogP contribution in [0.2, 0.25) is 0 Å². The lowest BCUT2D eigenvalue weighted by Crippen LogP contribution is -2.34. The highest BCUT2D eigenvalue weighted by molar-refractivity contribution is 14.1. The van der Waals surface area contributed by atoms with Gasteiger partial charge in [0.1, 0.15) is 16.1 Å². The highest BCUT2D eigenvalue weighted by atomic mass is 127. The number of pyridine rings is 1. The van der Waals surface area contributed by atoms with Gasteiger partial charge in [0.25, 0.3) is 0 Å². The number of rotatable bonds is 17. The van der Waals surface area contributed by atoms with E-state index in [1.807, 2.05) is 85.2 Å². The number of halogens is 1. The Bertz CT molecular complexity index is 2160. The summed E-state index contributed by atoms with van der Waals surface area (Å²) >= 11 is 3.72. The summed E-state index contributed by atoms with van der Waals surface area (Å²) in [4.78, 5) is 4.43. The van der Waals surface area contributed by atoms with Gasteiger partial charge in [0.2, 0.25) is 0 Å². The largest absolute Gasteiger partial charge is 0.494 e. The average molecular weight is 861 g/mol. The number of thiophene rings is 1. The second-order valence-corrected chi connectivity index (χ2v) is 14.1. The summed E-state index contributed by atoms with van der Waals surface area (Å²) in [6.45, 7) is 4.68. The minimum atomic E-state index is -1.69. The van der Waals surface area contributed by atoms with Gasteiger partial charge in [0.15, 0.2) is 0 Å². The van der Waals surface area contributed by atoms with Crippen LogP contribution in [0.25, 0.3) is 22.3 Å². The van der Waals surface area contributed by atoms with Crippen molar-refractivity contribution < 1.29 is 29.2 Å². The molecule has 11 heteroatoms. The molecular formula is C44H42B2INO6S. The Morgan fingerprint density at radius 3 is 1.87 bits per heavy atom. The van der Waals surface area contributed by atoms with Crippen molar-refractivity contribution in [3.8, 4) is 11.5 Å². The van der Waals surface area contributed by atoms with Gasteiger partial charge in [0.05, 0.1) is 6.61 Å². The van der Waals surface area contributed by atoms with Gasteiger partial charge in [0, 0.05) is 24.6 Å². The maximum atomic E-state index is 11.7. The van der Waals surface area contributed by atoms with Crippen LogP contribution in [0.15, 0.2) is 138 Å². The molecule has 6 rings (SSSR count). The summed E-state index contributed by atoms with van der Waals surface area (Å²) in [5, 5.41) is 36.3. The Hall–Kier alpha value is -4.49. The van der Waals surface area contributed by atoms with Crippen LogP contribution in [-0.4, -0.2) is 52.1 Å². The molecule has 3 N–H and O–H groups in total. The molecule has 7 nitrogen and oxygen atoms in total. The zero-order chi connectivity index (χ0) is 38.6. The van der Waals surface area contributed by atoms with Crippen molar-refractivity contribution in [1.29, 1.82) is 0 Å². The van der Waals surface area contributed by atoms with Gasteiger partial charge in [-0.25, -0.2) is 0 Å². The van der Waals surface area contributed by atoms with Crippen LogP contribution in [0.5, 0.6) is 11.5 Å². The Balaban J connectivity index is 1.40. The van der Waals surface area contributed by atoms with Gasteiger partial charge in [-0.1, -0.05) is 85.8 Å². The van der Waals surface area contributed by atoms with Crippen LogP contribution in [0.3, 0.4) is 0 Å². The second kappa shape index (κ2) is 19.9. The van der Waals surface area contributed by atoms with Crippen molar-refractivity contribution in [3.05, 3.63) is 172 Å². The summed E-state index contributed by atoms with van der Waals surface area (Å²) in [7, 11) is -2.95. The van der Waals surface area contributed by atoms with Crippen LogP contribution in [0.4, 0.5) is 0 Å². The third-order valence-electron chi connectivity index (χ3n) is 9.14. The molecule has 0 unspecified atom stereocenters. The van der Waals surface area contributed by atoms with Gasteiger partial charge >= 0.3 is 14.2 Å². The molecule has 0 saturated carbocycles. The molecule has 2 aromatic heterocycles. The highest BCUT2D eigenvalue weighted by Crippen LogP contribution is 2.37. The van der Waals surface area contributed by atoms with E-state index in [0.717, 1.165) is 62.1 Å². The molecular weight excluding hydrogens is 819 g/mol. The van der Waals surface area contributed by atoms with E-state index in [2.05, 4.69) is 76.3 Å². The SMILES string of the molecule is CCOc1cc(B(O)OCC/C(=C(/c2ccccc2)c2ccsc2)c2cc(OCI)cc(B(O)O)c2)cc(/C(CC)=C(\c2ccccc2)c2cccnc2)c1. The number of ether oxygens (including phenoxy) is 2. The maximum Gasteiger partial charge on any atom is 0.491 e. The molecule has 0 saturated heterocycles. The Morgan fingerprint density at radius 2 is 1.29 bits per heavy atom. The van der Waals surface area contributed by atoms with Gasteiger partial charge in [-0.2, -0.15) is 11.3 Å². The zero-order valence-corrected chi connectivity index (χ0v) is 33.7. The van der Waals surface area contributed by atoms with Crippen molar-refractivity contribution >= 4 is 81.4 Å². The molecule has 0 fully saturated rings. The standard InChI is InChI=1S/C44H42B2INO6S/c1-3-41(43(31-12-7-5-8-13-31)33-16-11-19-48-28-33)35-23-38(27-39(24-35)52-4-2)46(51)54-20-17-42(36-22-37(45(49)50)26-40(25-36)53-30-47)44(34-18-21-55-29-34)32-14-9-6-10-15-32/h5-16,18-19,21-29,49-51H,3-4,17,20,30H2,1-2H3/b43-41+,44-42+. The lowest BCUT2D eigenvalue weighted by atomic mass is 9.76. The van der Waals surface area contributed by atoms with Gasteiger partial charge in [-0.3, -0.25) is 4.98 Å². The molecule has 0 amide bonds. The van der Waals surface area contributed by atoms with Crippen LogP contribution >= 0.6 is 33.9 Å². The normalized spacial score (nSPS) is 12.1. The van der Waals surface area contributed by atoms with Crippen molar-refractivity contribution in [3.63, 3.8) is 0 Å². The minimum absolute atomic E-state index is 0.154. The van der Waals surface area contributed by atoms with Crippen LogP contribution in [0, 0.1) is 0 Å². The van der Waals surface area contributed by atoms with Crippen molar-refractivity contribution in [1.82, 2.24) is 4.98 Å². The van der Waals surface area contributed by atoms with Crippen molar-refractivity contribution in [2.24, 2.45) is 0 Å². The first kappa shape index (κ1) is 40.2. The first-order valence-electron chi connectivity index (χ1n) is 18.2. The van der Waals surface area contributed by atoms with E-state index < -0.39 is 14.2 Å². The molecule has 0 spiro atoms. The van der Waals surface area contributed by atoms with Gasteiger partial charge < -0.3 is 29.2 Å². The summed E-state index contributed by atoms with van der Waals surface area (Å²) < 4.78 is 18.6. The number of allylic oxidation sites excluding steroid dienone is 1. The molecule has 0 aliphatic carbocycles. The zero-order valence-electron chi connectivity index (χ0n) is 30.8. The molecule has 0 radical (unpaired) electrons. The summed E-state index contributed by atoms with van der Waals surface area (Å²) in [6.07, 6.45) is 4.76. The van der Waals surface area contributed by atoms with E-state index in [1.165, 1.54) is 0 Å². The predicted octanol–water partition coefficient (Wildman–Crippen LogP) is 8.12. The summed E-state index contributed by atoms with van der Waals surface area (Å²) in [6, 6.07) is 37.6. The minimum Gasteiger partial charge on any atom is -0.494 e. The fraction of sp³-hybridized carbons (Fsp3) is 0.159. The summed E-state index contributed by atoms with van der Waals surface area (Å²) in [5.74, 6) is 1.15. The lowest BCUT2D eigenvalue weighted by molar-refractivity contribution is 0.277. The molecule has 0 bridgehead atoms. The average Bonchev–Trinajstić information content (AvgIpc) is 3.75. The molecule has 55 heavy (non-hydrogen) atoms. The van der Waals surface area contributed by atoms with E-state index in [0.29, 0.717) is 40.1 Å². The first-order valence-corrected chi connectivity index (χ1v) is 20.6. The van der Waals surface area contributed by atoms with Gasteiger partial charge in [-0.15, -0.1) is 0 Å². The monoisotopic (exact) mass is 861 g/mol. The van der Waals surface area contributed by atoms with E-state index in [-0.39, 0.29) is 6.61 Å². The Labute approximate surface area is 341 Å². The first-order chi connectivity index (χ1) is 26.9. The highest BCUT2D eigenvalue weighted by Gasteiger charge is 2.24. The molecule has 278 valence electrons. The maximum absolute atomic E-state index is 11.7. The Kier molecular flexibility index (Phi) is 14.5. The number of hydrogen-bond acceptors (Lipinski definition) is 8. The molecule has 6 aromatic rings. The predicted molar refractivity (Wildman–Crippen MR) is 235 cm³/mol. The van der Waals surface area contributed by atoms with Crippen molar-refractivity contribution in [2.75, 3.05) is 17.8 Å². The van der Waals surface area contributed by atoms with E-state index in [4.69, 9.17) is 14.1 Å². The number of aromatic nitrogens is 1. The molecule has 0 atom stereocenters. The van der Waals surface area contributed by atoms with E-state index in [1.54, 1.807) is 29.7 Å².